The third-order valence-electron chi connectivity index (χ3n) is 6.66. The zero-order valence-corrected chi connectivity index (χ0v) is 19.8. The summed E-state index contributed by atoms with van der Waals surface area (Å²) in [5, 5.41) is 0. The summed E-state index contributed by atoms with van der Waals surface area (Å²) in [4.78, 5) is 11.6. The van der Waals surface area contributed by atoms with Gasteiger partial charge in [0.05, 0.1) is 12.2 Å². The van der Waals surface area contributed by atoms with E-state index in [1.54, 1.807) is 32.1 Å². The van der Waals surface area contributed by atoms with Crippen LogP contribution in [0.5, 0.6) is 0 Å². The van der Waals surface area contributed by atoms with Crippen molar-refractivity contribution in [1.29, 1.82) is 0 Å². The van der Waals surface area contributed by atoms with Gasteiger partial charge in [0, 0.05) is 11.8 Å². The van der Waals surface area contributed by atoms with Gasteiger partial charge in [-0.3, -0.25) is 4.79 Å². The molecule has 6 nitrogen and oxygen atoms in total. The number of fused-ring (bicyclic) bond motifs is 2. The second kappa shape index (κ2) is 9.73. The topological polar surface area (TPSA) is 105 Å². The lowest BCUT2D eigenvalue weighted by molar-refractivity contribution is -0.128. The van der Waals surface area contributed by atoms with Gasteiger partial charge in [-0.1, -0.05) is 57.2 Å². The summed E-state index contributed by atoms with van der Waals surface area (Å²) in [7, 11) is -4.01. The maximum absolute atomic E-state index is 11.6. The minimum absolute atomic E-state index is 0. The summed E-state index contributed by atoms with van der Waals surface area (Å²) in [6, 6.07) is 9.04. The number of rotatable bonds is 7. The van der Waals surface area contributed by atoms with Crippen molar-refractivity contribution in [2.45, 2.75) is 72.5 Å². The monoisotopic (exact) mass is 439 g/mol. The summed E-state index contributed by atoms with van der Waals surface area (Å²) in [6.45, 7) is 13.5. The zero-order chi connectivity index (χ0) is 21.9. The van der Waals surface area contributed by atoms with Crippen molar-refractivity contribution in [3.63, 3.8) is 0 Å². The van der Waals surface area contributed by atoms with Gasteiger partial charge in [-0.15, -0.1) is 6.58 Å². The lowest BCUT2D eigenvalue weighted by Gasteiger charge is -2.32. The highest BCUT2D eigenvalue weighted by molar-refractivity contribution is 7.81. The van der Waals surface area contributed by atoms with Gasteiger partial charge in [0.25, 0.3) is 0 Å². The van der Waals surface area contributed by atoms with E-state index in [0.717, 1.165) is 18.4 Å². The molecule has 1 aromatic carbocycles. The lowest BCUT2D eigenvalue weighted by Crippen LogP contribution is -2.32. The molecule has 2 unspecified atom stereocenters. The van der Waals surface area contributed by atoms with Crippen molar-refractivity contribution in [3.8, 4) is 0 Å². The van der Waals surface area contributed by atoms with E-state index in [1.165, 1.54) is 6.42 Å². The molecule has 3 N–H and O–H groups in total. The number of ketones is 1. The molecule has 30 heavy (non-hydrogen) atoms. The van der Waals surface area contributed by atoms with Crippen LogP contribution in [0, 0.1) is 16.7 Å². The fourth-order valence-electron chi connectivity index (χ4n) is 4.30. The molecular formula is C23H37NO5S. The summed E-state index contributed by atoms with van der Waals surface area (Å²) in [5.41, 5.74) is 0.227. The van der Waals surface area contributed by atoms with Crippen molar-refractivity contribution in [2.24, 2.45) is 16.7 Å². The van der Waals surface area contributed by atoms with Crippen LogP contribution in [0.3, 0.4) is 0 Å². The van der Waals surface area contributed by atoms with Gasteiger partial charge in [-0.2, -0.15) is 8.42 Å². The van der Waals surface area contributed by atoms with Crippen molar-refractivity contribution in [3.05, 3.63) is 48.6 Å². The minimum Gasteiger partial charge on any atom is -0.344 e. The van der Waals surface area contributed by atoms with Gasteiger partial charge < -0.3 is 6.15 Å². The number of benzene rings is 1. The van der Waals surface area contributed by atoms with E-state index in [4.69, 9.17) is 8.37 Å². The first-order valence-corrected chi connectivity index (χ1v) is 11.4. The molecule has 0 radical (unpaired) electrons. The van der Waals surface area contributed by atoms with E-state index in [0.29, 0.717) is 18.1 Å². The first kappa shape index (κ1) is 26.5. The molecule has 2 aliphatic carbocycles. The maximum Gasteiger partial charge on any atom is 0.400 e. The number of carbonyl (C=O) groups excluding carboxylic acids is 1. The summed E-state index contributed by atoms with van der Waals surface area (Å²) in [5.74, 6) is 1.19. The van der Waals surface area contributed by atoms with E-state index in [2.05, 4.69) is 27.4 Å². The van der Waals surface area contributed by atoms with Gasteiger partial charge >= 0.3 is 10.4 Å². The van der Waals surface area contributed by atoms with Crippen LogP contribution in [0.15, 0.2) is 43.0 Å². The molecule has 0 heterocycles. The Morgan fingerprint density at radius 3 is 2.20 bits per heavy atom. The van der Waals surface area contributed by atoms with Gasteiger partial charge in [0.1, 0.15) is 5.78 Å². The van der Waals surface area contributed by atoms with Gasteiger partial charge in [0.2, 0.25) is 0 Å². The molecule has 7 heteroatoms. The Bertz CT molecular complexity index is 832. The molecule has 170 valence electrons. The second-order valence-electron chi connectivity index (χ2n) is 9.41. The summed E-state index contributed by atoms with van der Waals surface area (Å²) < 4.78 is 33.0. The van der Waals surface area contributed by atoms with Crippen molar-refractivity contribution in [2.75, 3.05) is 0 Å². The zero-order valence-electron chi connectivity index (χ0n) is 18.9. The highest BCUT2D eigenvalue weighted by Crippen LogP contribution is 2.63. The van der Waals surface area contributed by atoms with Gasteiger partial charge in [0.15, 0.2) is 0 Å². The van der Waals surface area contributed by atoms with Crippen LogP contribution in [0.25, 0.3) is 0 Å². The molecule has 2 saturated carbocycles. The standard InChI is InChI=1S/C13H18O4S.C10H16O.H3N/c1-4-10-13(2,3)17-18(14,15)16-11-12-8-6-5-7-9-12;1-9(2)7-4-5-10(9,3)8(11)6-7;/h4-9H,1,10-11H2,2-3H3;7H,4-6H2,1-3H3;1H3. The maximum atomic E-state index is 11.6. The van der Waals surface area contributed by atoms with Crippen LogP contribution in [0.2, 0.25) is 0 Å². The van der Waals surface area contributed by atoms with E-state index in [1.807, 2.05) is 18.2 Å². The van der Waals surface area contributed by atoms with Gasteiger partial charge in [-0.25, -0.2) is 8.37 Å². The number of carbonyl (C=O) groups is 1. The Kier molecular flexibility index (Phi) is 8.59. The van der Waals surface area contributed by atoms with Crippen LogP contribution in [0.1, 0.15) is 65.9 Å². The summed E-state index contributed by atoms with van der Waals surface area (Å²) >= 11 is 0. The largest absolute Gasteiger partial charge is 0.400 e. The van der Waals surface area contributed by atoms with E-state index in [-0.39, 0.29) is 23.6 Å². The van der Waals surface area contributed by atoms with Crippen LogP contribution >= 0.6 is 0 Å². The highest BCUT2D eigenvalue weighted by Gasteiger charge is 2.61. The molecule has 3 rings (SSSR count). The predicted molar refractivity (Wildman–Crippen MR) is 119 cm³/mol. The molecule has 2 fully saturated rings. The number of hydrogen-bond donors (Lipinski definition) is 1. The van der Waals surface area contributed by atoms with E-state index < -0.39 is 16.0 Å². The first-order valence-electron chi connectivity index (χ1n) is 10.1. The average molecular weight is 440 g/mol. The predicted octanol–water partition coefficient (Wildman–Crippen LogP) is 5.38. The molecular weight excluding hydrogens is 402 g/mol. The first-order chi connectivity index (χ1) is 13.3. The molecule has 0 saturated heterocycles. The Morgan fingerprint density at radius 2 is 1.80 bits per heavy atom. The average Bonchev–Trinajstić information content (AvgIpc) is 2.94. The number of Topliss-reactive ketones (excluding diaryl/α,β-unsaturated/α-hetero) is 1. The Labute approximate surface area is 182 Å². The lowest BCUT2D eigenvalue weighted by atomic mass is 9.70. The Hall–Kier alpha value is -1.54. The fraction of sp³-hybridized carbons (Fsp3) is 0.609. The third-order valence-corrected chi connectivity index (χ3v) is 7.72. The third kappa shape index (κ3) is 6.00. The smallest absolute Gasteiger partial charge is 0.344 e. The molecule has 2 atom stereocenters. The molecule has 0 aromatic heterocycles. The van der Waals surface area contributed by atoms with Crippen LogP contribution in [-0.2, 0) is 30.2 Å². The molecule has 0 aliphatic heterocycles. The quantitative estimate of drug-likeness (QED) is 0.572. The van der Waals surface area contributed by atoms with Gasteiger partial charge in [-0.05, 0) is 50.0 Å². The highest BCUT2D eigenvalue weighted by atomic mass is 32.3. The molecule has 0 amide bonds. The van der Waals surface area contributed by atoms with Crippen LogP contribution < -0.4 is 6.15 Å². The normalized spacial score (nSPS) is 24.6. The van der Waals surface area contributed by atoms with Crippen molar-refractivity contribution >= 4 is 16.2 Å². The number of hydrogen-bond acceptors (Lipinski definition) is 6. The van der Waals surface area contributed by atoms with Crippen LogP contribution in [-0.4, -0.2) is 19.8 Å². The fourth-order valence-corrected chi connectivity index (χ4v) is 5.25. The molecule has 2 aliphatic rings. The molecule has 2 bridgehead atoms. The summed E-state index contributed by atoms with van der Waals surface area (Å²) in [6.07, 6.45) is 5.27. The van der Waals surface area contributed by atoms with Crippen molar-refractivity contribution in [1.82, 2.24) is 6.15 Å². The molecule has 0 spiro atoms. The minimum atomic E-state index is -4.01. The Morgan fingerprint density at radius 1 is 1.20 bits per heavy atom. The second-order valence-corrected chi connectivity index (χ2v) is 10.6. The van der Waals surface area contributed by atoms with E-state index >= 15 is 0 Å². The van der Waals surface area contributed by atoms with E-state index in [9.17, 15) is 13.2 Å². The van der Waals surface area contributed by atoms with Crippen molar-refractivity contribution < 1.29 is 21.6 Å². The van der Waals surface area contributed by atoms with Crippen LogP contribution in [0.4, 0.5) is 0 Å². The molecule has 1 aromatic rings. The Balaban J connectivity index is 0.000000320. The SMILES string of the molecule is C=CCC(C)(C)OS(=O)(=O)OCc1ccccc1.CC12CCC(CC1=O)C2(C)C.N.